The van der Waals surface area contributed by atoms with E-state index in [0.29, 0.717) is 17.1 Å². The van der Waals surface area contributed by atoms with Crippen LogP contribution in [0.2, 0.25) is 5.02 Å². The van der Waals surface area contributed by atoms with Crippen LogP contribution in [0.3, 0.4) is 0 Å². The molecule has 11 heteroatoms. The number of likely N-dealkylation sites (tertiary alicyclic amines) is 1. The van der Waals surface area contributed by atoms with Crippen LogP contribution in [-0.2, 0) is 10.0 Å². The molecule has 196 valence electrons. The molecule has 1 aliphatic carbocycles. The zero-order valence-corrected chi connectivity index (χ0v) is 22.6. The predicted octanol–water partition coefficient (Wildman–Crippen LogP) is 4.56. The van der Waals surface area contributed by atoms with E-state index in [4.69, 9.17) is 21.7 Å². The number of anilines is 2. The van der Waals surface area contributed by atoms with Gasteiger partial charge in [0.2, 0.25) is 10.0 Å². The SMILES string of the molecule is Cc1cn2nc([C@@H]3CCCCN3C(=O)c3cc(Cl)ccc3NS(C)(=O)=O)cc2nc1N1CCC12CCC2. The number of hydrogen-bond acceptors (Lipinski definition) is 6. The summed E-state index contributed by atoms with van der Waals surface area (Å²) in [6.45, 7) is 3.68. The summed E-state index contributed by atoms with van der Waals surface area (Å²) in [5, 5.41) is 5.21. The maximum atomic E-state index is 13.8. The lowest BCUT2D eigenvalue weighted by atomic mass is 9.68. The molecule has 2 saturated heterocycles. The fraction of sp³-hybridized carbons (Fsp3) is 0.500. The molecule has 0 unspecified atom stereocenters. The molecule has 1 spiro atoms. The summed E-state index contributed by atoms with van der Waals surface area (Å²) < 4.78 is 28.1. The van der Waals surface area contributed by atoms with Crippen LogP contribution in [0, 0.1) is 6.92 Å². The monoisotopic (exact) mass is 542 g/mol. The largest absolute Gasteiger partial charge is 0.350 e. The fourth-order valence-corrected chi connectivity index (χ4v) is 6.80. The van der Waals surface area contributed by atoms with Crippen molar-refractivity contribution in [2.75, 3.05) is 29.0 Å². The molecular formula is C26H31ClN6O3S. The van der Waals surface area contributed by atoms with Gasteiger partial charge >= 0.3 is 0 Å². The maximum Gasteiger partial charge on any atom is 0.256 e. The van der Waals surface area contributed by atoms with Crippen molar-refractivity contribution >= 4 is 44.7 Å². The van der Waals surface area contributed by atoms with Gasteiger partial charge in [-0.1, -0.05) is 11.6 Å². The van der Waals surface area contributed by atoms with Gasteiger partial charge in [-0.3, -0.25) is 9.52 Å². The molecule has 3 aromatic rings. The first-order chi connectivity index (χ1) is 17.6. The lowest BCUT2D eigenvalue weighted by molar-refractivity contribution is 0.0607. The lowest BCUT2D eigenvalue weighted by Crippen LogP contribution is -2.64. The molecule has 1 aromatic carbocycles. The molecule has 9 nitrogen and oxygen atoms in total. The molecule has 0 bridgehead atoms. The minimum atomic E-state index is -3.57. The molecule has 37 heavy (non-hydrogen) atoms. The van der Waals surface area contributed by atoms with E-state index in [0.717, 1.165) is 54.8 Å². The second kappa shape index (κ2) is 8.87. The van der Waals surface area contributed by atoms with Crippen molar-refractivity contribution in [1.82, 2.24) is 19.5 Å². The average Bonchev–Trinajstić information content (AvgIpc) is 3.20. The highest BCUT2D eigenvalue weighted by Gasteiger charge is 2.50. The van der Waals surface area contributed by atoms with Gasteiger partial charge in [-0.15, -0.1) is 0 Å². The predicted molar refractivity (Wildman–Crippen MR) is 144 cm³/mol. The van der Waals surface area contributed by atoms with Crippen molar-refractivity contribution in [1.29, 1.82) is 0 Å². The molecule has 4 heterocycles. The Kier molecular flexibility index (Phi) is 5.87. The molecule has 1 amide bonds. The summed E-state index contributed by atoms with van der Waals surface area (Å²) in [6, 6.07) is 6.37. The van der Waals surface area contributed by atoms with Crippen LogP contribution >= 0.6 is 11.6 Å². The van der Waals surface area contributed by atoms with E-state index in [2.05, 4.69) is 16.5 Å². The molecule has 1 N–H and O–H groups in total. The summed E-state index contributed by atoms with van der Waals surface area (Å²) in [4.78, 5) is 23.1. The Morgan fingerprint density at radius 3 is 2.62 bits per heavy atom. The molecule has 3 fully saturated rings. The first kappa shape index (κ1) is 24.5. The number of aryl methyl sites for hydroxylation is 1. The molecule has 1 saturated carbocycles. The van der Waals surface area contributed by atoms with Crippen molar-refractivity contribution in [2.45, 2.75) is 63.5 Å². The Morgan fingerprint density at radius 1 is 1.14 bits per heavy atom. The van der Waals surface area contributed by atoms with Crippen molar-refractivity contribution in [2.24, 2.45) is 0 Å². The number of fused-ring (bicyclic) bond motifs is 1. The van der Waals surface area contributed by atoms with Gasteiger partial charge in [0.25, 0.3) is 5.91 Å². The third-order valence-electron chi connectivity index (χ3n) is 8.15. The number of nitrogens with one attached hydrogen (secondary N) is 1. The van der Waals surface area contributed by atoms with Gasteiger partial charge in [-0.05, 0) is 70.1 Å². The highest BCUT2D eigenvalue weighted by molar-refractivity contribution is 7.92. The zero-order chi connectivity index (χ0) is 25.9. The first-order valence-corrected chi connectivity index (χ1v) is 15.1. The highest BCUT2D eigenvalue weighted by atomic mass is 35.5. The molecular weight excluding hydrogens is 512 g/mol. The van der Waals surface area contributed by atoms with Crippen molar-refractivity contribution in [3.8, 4) is 0 Å². The van der Waals surface area contributed by atoms with Gasteiger partial charge in [0.05, 0.1) is 29.2 Å². The second-order valence-corrected chi connectivity index (χ2v) is 12.9. The van der Waals surface area contributed by atoms with Crippen LogP contribution < -0.4 is 9.62 Å². The number of sulfonamides is 1. The molecule has 1 atom stereocenters. The van der Waals surface area contributed by atoms with Crippen molar-refractivity contribution in [3.05, 3.63) is 52.3 Å². The average molecular weight is 543 g/mol. The van der Waals surface area contributed by atoms with Crippen molar-refractivity contribution < 1.29 is 13.2 Å². The second-order valence-electron chi connectivity index (χ2n) is 10.7. The number of halogens is 1. The van der Waals surface area contributed by atoms with E-state index in [1.807, 2.05) is 16.8 Å². The minimum Gasteiger partial charge on any atom is -0.350 e. The maximum absolute atomic E-state index is 13.8. The Hall–Kier alpha value is -2.85. The van der Waals surface area contributed by atoms with E-state index in [1.165, 1.54) is 37.8 Å². The fourth-order valence-electron chi connectivity index (χ4n) is 6.05. The zero-order valence-electron chi connectivity index (χ0n) is 21.1. The highest BCUT2D eigenvalue weighted by Crippen LogP contribution is 2.49. The van der Waals surface area contributed by atoms with Gasteiger partial charge in [0.15, 0.2) is 5.65 Å². The molecule has 3 aliphatic rings. The van der Waals surface area contributed by atoms with E-state index in [1.54, 1.807) is 11.0 Å². The number of amides is 1. The van der Waals surface area contributed by atoms with Gasteiger partial charge < -0.3 is 9.80 Å². The summed E-state index contributed by atoms with van der Waals surface area (Å²) in [5.74, 6) is 0.768. The molecule has 2 aliphatic heterocycles. The van der Waals surface area contributed by atoms with Gasteiger partial charge in [0, 0.05) is 41.5 Å². The van der Waals surface area contributed by atoms with Crippen LogP contribution in [0.4, 0.5) is 11.5 Å². The third kappa shape index (κ3) is 4.33. The van der Waals surface area contributed by atoms with E-state index >= 15 is 0 Å². The van der Waals surface area contributed by atoms with Gasteiger partial charge in [-0.2, -0.15) is 5.10 Å². The van der Waals surface area contributed by atoms with Crippen molar-refractivity contribution in [3.63, 3.8) is 0 Å². The Bertz CT molecular complexity index is 1490. The van der Waals surface area contributed by atoms with E-state index in [-0.39, 0.29) is 23.2 Å². The minimum absolute atomic E-state index is 0.220. The number of nitrogens with zero attached hydrogens (tertiary/aromatic N) is 5. The van der Waals surface area contributed by atoms with E-state index < -0.39 is 10.0 Å². The normalized spacial score (nSPS) is 21.1. The number of aromatic nitrogens is 3. The summed E-state index contributed by atoms with van der Waals surface area (Å²) in [5.41, 5.74) is 3.42. The number of carbonyl (C=O) groups is 1. The molecule has 2 aromatic heterocycles. The van der Waals surface area contributed by atoms with E-state index in [9.17, 15) is 13.2 Å². The first-order valence-electron chi connectivity index (χ1n) is 12.9. The number of benzene rings is 1. The van der Waals surface area contributed by atoms with Gasteiger partial charge in [0.1, 0.15) is 5.82 Å². The molecule has 6 rings (SSSR count). The number of carbonyl (C=O) groups excluding carboxylic acids is 1. The summed E-state index contributed by atoms with van der Waals surface area (Å²) in [7, 11) is -3.57. The van der Waals surface area contributed by atoms with Crippen LogP contribution in [0.5, 0.6) is 0 Å². The Morgan fingerprint density at radius 2 is 1.95 bits per heavy atom. The number of rotatable bonds is 5. The van der Waals surface area contributed by atoms with Gasteiger partial charge in [-0.25, -0.2) is 17.9 Å². The lowest BCUT2D eigenvalue weighted by Gasteiger charge is -2.59. The topological polar surface area (TPSA) is 99.9 Å². The number of hydrogen-bond donors (Lipinski definition) is 1. The number of piperidine rings is 1. The van der Waals surface area contributed by atoms with Crippen LogP contribution in [-0.4, -0.2) is 58.7 Å². The smallest absolute Gasteiger partial charge is 0.256 e. The Labute approximate surface area is 221 Å². The Balaban J connectivity index is 1.33. The standard InChI is InChI=1S/C26H31ClN6O3S/c1-17-16-33-23(28-24(17)32-13-11-26(32)9-5-10-26)15-21(29-33)22-6-3-4-12-31(22)25(34)19-14-18(27)7-8-20(19)30-37(2,35)36/h7-8,14-16,22,30H,3-6,9-13H2,1-2H3/t22-/m0/s1. The quantitative estimate of drug-likeness (QED) is 0.507. The summed E-state index contributed by atoms with van der Waals surface area (Å²) in [6.07, 6.45) is 10.7. The van der Waals surface area contributed by atoms with Crippen LogP contribution in [0.1, 0.15) is 72.6 Å². The summed E-state index contributed by atoms with van der Waals surface area (Å²) >= 11 is 6.21. The molecule has 0 radical (unpaired) electrons. The van der Waals surface area contributed by atoms with Crippen LogP contribution in [0.15, 0.2) is 30.5 Å². The van der Waals surface area contributed by atoms with Crippen LogP contribution in [0.25, 0.3) is 5.65 Å². The third-order valence-corrected chi connectivity index (χ3v) is 8.98.